The van der Waals surface area contributed by atoms with E-state index >= 15 is 0 Å². The summed E-state index contributed by atoms with van der Waals surface area (Å²) >= 11 is 0. The molecule has 1 aromatic carbocycles. The fourth-order valence-corrected chi connectivity index (χ4v) is 1.64. The summed E-state index contributed by atoms with van der Waals surface area (Å²) in [6, 6.07) is 8.83. The molecule has 0 saturated carbocycles. The van der Waals surface area contributed by atoms with E-state index in [0.29, 0.717) is 5.69 Å². The summed E-state index contributed by atoms with van der Waals surface area (Å²) in [5, 5.41) is 5.72. The van der Waals surface area contributed by atoms with Crippen molar-refractivity contribution >= 4 is 5.91 Å². The number of para-hydroxylation sites is 1. The Balaban J connectivity index is 2.24. The van der Waals surface area contributed by atoms with Crippen molar-refractivity contribution in [3.8, 4) is 11.4 Å². The fourth-order valence-electron chi connectivity index (χ4n) is 1.64. The number of aromatic nitrogens is 2. The summed E-state index contributed by atoms with van der Waals surface area (Å²) in [4.78, 5) is 11.7. The number of nitrogens with one attached hydrogen (secondary N) is 1. The number of benzene rings is 1. The average Bonchev–Trinajstić information content (AvgIpc) is 2.89. The lowest BCUT2D eigenvalue weighted by atomic mass is 10.3. The van der Waals surface area contributed by atoms with E-state index in [0.717, 1.165) is 0 Å². The van der Waals surface area contributed by atoms with Crippen LogP contribution in [0.5, 0.6) is 5.75 Å². The fraction of sp³-hybridized carbons (Fsp3) is 0.231. The summed E-state index contributed by atoms with van der Waals surface area (Å²) in [6.45, 7) is -1.42. The van der Waals surface area contributed by atoms with Crippen LogP contribution in [-0.4, -0.2) is 35.5 Å². The molecular weight excluding hydrogens is 287 g/mol. The molecule has 0 atom stereocenters. The maximum absolute atomic E-state index is 12.1. The van der Waals surface area contributed by atoms with E-state index in [2.05, 4.69) is 5.10 Å². The maximum Gasteiger partial charge on any atom is 0.405 e. The predicted molar refractivity (Wildman–Crippen MR) is 68.5 cm³/mol. The molecule has 1 amide bonds. The number of ether oxygens (including phenoxy) is 1. The molecule has 0 spiro atoms. The van der Waals surface area contributed by atoms with E-state index in [1.165, 1.54) is 18.0 Å². The Kier molecular flexibility index (Phi) is 4.15. The van der Waals surface area contributed by atoms with Gasteiger partial charge < -0.3 is 10.1 Å². The molecule has 0 aliphatic heterocycles. The van der Waals surface area contributed by atoms with Gasteiger partial charge in [-0.05, 0) is 12.1 Å². The van der Waals surface area contributed by atoms with Gasteiger partial charge in [0.1, 0.15) is 6.54 Å². The van der Waals surface area contributed by atoms with Gasteiger partial charge in [-0.3, -0.25) is 4.79 Å². The second-order valence-corrected chi connectivity index (χ2v) is 4.12. The second-order valence-electron chi connectivity index (χ2n) is 4.12. The largest absolute Gasteiger partial charge is 0.493 e. The van der Waals surface area contributed by atoms with Crippen molar-refractivity contribution in [2.45, 2.75) is 6.18 Å². The van der Waals surface area contributed by atoms with Gasteiger partial charge >= 0.3 is 6.18 Å². The minimum Gasteiger partial charge on any atom is -0.493 e. The third-order valence-electron chi connectivity index (χ3n) is 2.59. The monoisotopic (exact) mass is 299 g/mol. The molecule has 8 heteroatoms. The zero-order valence-corrected chi connectivity index (χ0v) is 11.0. The van der Waals surface area contributed by atoms with Crippen LogP contribution < -0.4 is 10.1 Å². The lowest BCUT2D eigenvalue weighted by molar-refractivity contribution is -0.123. The molecule has 1 N–H and O–H groups in total. The molecule has 2 rings (SSSR count). The smallest absolute Gasteiger partial charge is 0.405 e. The number of rotatable bonds is 4. The summed E-state index contributed by atoms with van der Waals surface area (Å²) < 4.78 is 42.7. The standard InChI is InChI=1S/C13H12F3N3O2/c1-21-10-7-19(9-5-3-2-4-6-9)18-11(10)12(20)17-8-13(14,15)16/h2-7H,8H2,1H3,(H,17,20). The topological polar surface area (TPSA) is 56.2 Å². The Morgan fingerprint density at radius 1 is 1.33 bits per heavy atom. The highest BCUT2D eigenvalue weighted by Gasteiger charge is 2.29. The van der Waals surface area contributed by atoms with Crippen LogP contribution in [0.25, 0.3) is 5.69 Å². The van der Waals surface area contributed by atoms with Crippen molar-refractivity contribution in [2.75, 3.05) is 13.7 Å². The quantitative estimate of drug-likeness (QED) is 0.941. The van der Waals surface area contributed by atoms with E-state index in [9.17, 15) is 18.0 Å². The molecular formula is C13H12F3N3O2. The third kappa shape index (κ3) is 3.74. The zero-order valence-electron chi connectivity index (χ0n) is 11.0. The first-order valence-electron chi connectivity index (χ1n) is 5.95. The first kappa shape index (κ1) is 14.9. The molecule has 0 saturated heterocycles. The lowest BCUT2D eigenvalue weighted by Gasteiger charge is -2.07. The molecule has 21 heavy (non-hydrogen) atoms. The summed E-state index contributed by atoms with van der Waals surface area (Å²) in [7, 11) is 1.31. The number of alkyl halides is 3. The highest BCUT2D eigenvalue weighted by Crippen LogP contribution is 2.20. The molecule has 0 bridgehead atoms. The molecule has 0 unspecified atom stereocenters. The first-order valence-corrected chi connectivity index (χ1v) is 5.95. The Bertz CT molecular complexity index is 623. The van der Waals surface area contributed by atoms with Gasteiger partial charge in [0.25, 0.3) is 5.91 Å². The number of amides is 1. The van der Waals surface area contributed by atoms with Crippen molar-refractivity contribution in [1.82, 2.24) is 15.1 Å². The van der Waals surface area contributed by atoms with E-state index < -0.39 is 18.6 Å². The van der Waals surface area contributed by atoms with Crippen molar-refractivity contribution < 1.29 is 22.7 Å². The van der Waals surface area contributed by atoms with E-state index in [1.807, 2.05) is 0 Å². The van der Waals surface area contributed by atoms with Crippen LogP contribution in [0.3, 0.4) is 0 Å². The number of hydrogen-bond acceptors (Lipinski definition) is 3. The third-order valence-corrected chi connectivity index (χ3v) is 2.59. The molecule has 0 radical (unpaired) electrons. The zero-order chi connectivity index (χ0) is 15.5. The minimum absolute atomic E-state index is 0.0959. The Morgan fingerprint density at radius 2 is 2.00 bits per heavy atom. The minimum atomic E-state index is -4.48. The average molecular weight is 299 g/mol. The highest BCUT2D eigenvalue weighted by atomic mass is 19.4. The summed E-state index contributed by atoms with van der Waals surface area (Å²) in [5.41, 5.74) is 0.455. The van der Waals surface area contributed by atoms with Crippen LogP contribution in [0, 0.1) is 0 Å². The second kappa shape index (κ2) is 5.86. The molecule has 1 heterocycles. The molecule has 0 aliphatic rings. The molecule has 112 valence electrons. The van der Waals surface area contributed by atoms with Gasteiger partial charge in [-0.2, -0.15) is 18.3 Å². The van der Waals surface area contributed by atoms with Gasteiger partial charge in [-0.1, -0.05) is 18.2 Å². The number of halogens is 3. The number of methoxy groups -OCH3 is 1. The molecule has 5 nitrogen and oxygen atoms in total. The van der Waals surface area contributed by atoms with Crippen LogP contribution in [-0.2, 0) is 0 Å². The van der Waals surface area contributed by atoms with Gasteiger partial charge in [-0.15, -0.1) is 0 Å². The first-order chi connectivity index (χ1) is 9.90. The number of hydrogen-bond donors (Lipinski definition) is 1. The van der Waals surface area contributed by atoms with Crippen LogP contribution in [0.2, 0.25) is 0 Å². The van der Waals surface area contributed by atoms with Gasteiger partial charge in [0.15, 0.2) is 11.4 Å². The van der Waals surface area contributed by atoms with Crippen molar-refractivity contribution in [2.24, 2.45) is 0 Å². The van der Waals surface area contributed by atoms with Crippen LogP contribution in [0.4, 0.5) is 13.2 Å². The van der Waals surface area contributed by atoms with E-state index in [-0.39, 0.29) is 11.4 Å². The maximum atomic E-state index is 12.1. The van der Waals surface area contributed by atoms with Crippen LogP contribution >= 0.6 is 0 Å². The molecule has 2 aromatic rings. The van der Waals surface area contributed by atoms with Gasteiger partial charge in [0, 0.05) is 0 Å². The van der Waals surface area contributed by atoms with Gasteiger partial charge in [0.05, 0.1) is 19.0 Å². The van der Waals surface area contributed by atoms with Gasteiger partial charge in [0.2, 0.25) is 0 Å². The Hall–Kier alpha value is -2.51. The van der Waals surface area contributed by atoms with Crippen molar-refractivity contribution in [3.05, 3.63) is 42.2 Å². The highest BCUT2D eigenvalue weighted by molar-refractivity contribution is 5.95. The predicted octanol–water partition coefficient (Wildman–Crippen LogP) is 2.17. The van der Waals surface area contributed by atoms with Crippen LogP contribution in [0.1, 0.15) is 10.5 Å². The Morgan fingerprint density at radius 3 is 2.57 bits per heavy atom. The molecule has 1 aromatic heterocycles. The molecule has 0 aliphatic carbocycles. The summed E-state index contributed by atoms with van der Waals surface area (Å²) in [6.07, 6.45) is -3.05. The lowest BCUT2D eigenvalue weighted by Crippen LogP contribution is -2.34. The van der Waals surface area contributed by atoms with E-state index in [1.54, 1.807) is 35.6 Å². The normalized spacial score (nSPS) is 11.2. The summed E-state index contributed by atoms with van der Waals surface area (Å²) in [5.74, 6) is -0.850. The Labute approximate surface area is 118 Å². The van der Waals surface area contributed by atoms with Gasteiger partial charge in [-0.25, -0.2) is 4.68 Å². The van der Waals surface area contributed by atoms with Crippen LogP contribution in [0.15, 0.2) is 36.5 Å². The number of carbonyl (C=O) groups is 1. The number of nitrogens with zero attached hydrogens (tertiary/aromatic N) is 2. The SMILES string of the molecule is COc1cn(-c2ccccc2)nc1C(=O)NCC(F)(F)F. The molecule has 0 fully saturated rings. The van der Waals surface area contributed by atoms with Crippen molar-refractivity contribution in [3.63, 3.8) is 0 Å². The number of carbonyl (C=O) groups excluding carboxylic acids is 1. The van der Waals surface area contributed by atoms with E-state index in [4.69, 9.17) is 4.74 Å². The van der Waals surface area contributed by atoms with Crippen molar-refractivity contribution in [1.29, 1.82) is 0 Å².